The molecule has 4 rings (SSSR count). The number of piperazine rings is 1. The van der Waals surface area contributed by atoms with E-state index in [2.05, 4.69) is 22.2 Å². The fraction of sp³-hybridized carbons (Fsp3) is 0.500. The van der Waals surface area contributed by atoms with E-state index >= 15 is 0 Å². The number of carbonyl (C=O) groups excluding carboxylic acids is 2. The molecule has 194 valence electrons. The molecule has 2 aliphatic rings. The van der Waals surface area contributed by atoms with Gasteiger partial charge in [-0.2, -0.15) is 0 Å². The molecule has 2 saturated heterocycles. The van der Waals surface area contributed by atoms with Gasteiger partial charge in [-0.05, 0) is 50.7 Å². The zero-order valence-corrected chi connectivity index (χ0v) is 22.0. The summed E-state index contributed by atoms with van der Waals surface area (Å²) < 4.78 is 5.43. The minimum Gasteiger partial charge on any atom is -0.445 e. The van der Waals surface area contributed by atoms with Crippen molar-refractivity contribution in [2.45, 2.75) is 42.8 Å². The third-order valence-electron chi connectivity index (χ3n) is 7.02. The van der Waals surface area contributed by atoms with E-state index in [9.17, 15) is 9.59 Å². The average molecular weight is 511 g/mol. The zero-order chi connectivity index (χ0) is 25.2. The highest BCUT2D eigenvalue weighted by Gasteiger charge is 2.29. The Morgan fingerprint density at radius 2 is 1.58 bits per heavy atom. The number of nitrogens with one attached hydrogen (secondary N) is 1. The maximum Gasteiger partial charge on any atom is 0.407 e. The van der Waals surface area contributed by atoms with Crippen LogP contribution in [0.3, 0.4) is 0 Å². The van der Waals surface area contributed by atoms with Crippen molar-refractivity contribution >= 4 is 23.8 Å². The average Bonchev–Trinajstić information content (AvgIpc) is 2.92. The van der Waals surface area contributed by atoms with E-state index in [1.807, 2.05) is 65.6 Å². The first-order valence-electron chi connectivity index (χ1n) is 12.9. The zero-order valence-electron chi connectivity index (χ0n) is 21.2. The molecule has 0 spiro atoms. The summed E-state index contributed by atoms with van der Waals surface area (Å²) in [5, 5.41) is 2.95. The summed E-state index contributed by atoms with van der Waals surface area (Å²) in [7, 11) is 2.19. The van der Waals surface area contributed by atoms with Crippen LogP contribution in [0.1, 0.15) is 24.8 Å². The van der Waals surface area contributed by atoms with Gasteiger partial charge in [-0.25, -0.2) is 4.79 Å². The van der Waals surface area contributed by atoms with E-state index in [4.69, 9.17) is 4.74 Å². The Balaban J connectivity index is 1.28. The molecule has 0 bridgehead atoms. The fourth-order valence-corrected chi connectivity index (χ4v) is 5.78. The highest BCUT2D eigenvalue weighted by Crippen LogP contribution is 2.21. The van der Waals surface area contributed by atoms with Crippen molar-refractivity contribution in [1.82, 2.24) is 20.0 Å². The third kappa shape index (κ3) is 8.25. The number of carbonyl (C=O) groups is 2. The van der Waals surface area contributed by atoms with E-state index < -0.39 is 6.09 Å². The maximum absolute atomic E-state index is 13.2. The first-order valence-corrected chi connectivity index (χ1v) is 13.9. The molecule has 36 heavy (non-hydrogen) atoms. The lowest BCUT2D eigenvalue weighted by Gasteiger charge is -2.42. The summed E-state index contributed by atoms with van der Waals surface area (Å²) in [5.41, 5.74) is 0.932. The minimum atomic E-state index is -0.489. The normalized spacial score (nSPS) is 18.5. The second kappa shape index (κ2) is 13.7. The molecule has 2 aromatic carbocycles. The van der Waals surface area contributed by atoms with Crippen molar-refractivity contribution in [2.75, 3.05) is 52.1 Å². The Hall–Kier alpha value is -2.55. The molecule has 0 aliphatic carbocycles. The van der Waals surface area contributed by atoms with Crippen molar-refractivity contribution in [3.63, 3.8) is 0 Å². The Morgan fingerprint density at radius 1 is 0.944 bits per heavy atom. The molecule has 8 heteroatoms. The molecular formula is C28H38N4O3S. The van der Waals surface area contributed by atoms with Gasteiger partial charge in [0.05, 0.1) is 6.04 Å². The fourth-order valence-electron chi connectivity index (χ4n) is 4.83. The molecule has 2 aromatic rings. The van der Waals surface area contributed by atoms with Crippen LogP contribution in [0.15, 0.2) is 65.6 Å². The summed E-state index contributed by atoms with van der Waals surface area (Å²) in [6, 6.07) is 20.0. The second-order valence-corrected chi connectivity index (χ2v) is 10.8. The standard InChI is InChI=1S/C28H38N4O3S/c1-30-14-12-25(13-15-30)31-16-18-32(19-17-31)27(33)20-24(22-36-26-10-6-3-7-11-26)29-28(34)35-21-23-8-4-2-5-9-23/h2-11,24-25H,12-22H2,1H3,(H,29,34). The van der Waals surface area contributed by atoms with Crippen molar-refractivity contribution in [2.24, 2.45) is 0 Å². The summed E-state index contributed by atoms with van der Waals surface area (Å²) in [5.74, 6) is 0.700. The number of hydrogen-bond acceptors (Lipinski definition) is 6. The largest absolute Gasteiger partial charge is 0.445 e. The molecule has 0 radical (unpaired) electrons. The van der Waals surface area contributed by atoms with E-state index in [1.165, 1.54) is 12.8 Å². The number of ether oxygens (including phenoxy) is 1. The molecule has 0 aromatic heterocycles. The summed E-state index contributed by atoms with van der Waals surface area (Å²) in [6.45, 7) is 5.86. The summed E-state index contributed by atoms with van der Waals surface area (Å²) in [4.78, 5) is 33.8. The number of benzene rings is 2. The molecule has 1 atom stereocenters. The van der Waals surface area contributed by atoms with E-state index in [-0.39, 0.29) is 25.0 Å². The van der Waals surface area contributed by atoms with E-state index in [0.717, 1.165) is 49.7 Å². The van der Waals surface area contributed by atoms with Gasteiger partial charge < -0.3 is 19.9 Å². The number of nitrogens with zero attached hydrogens (tertiary/aromatic N) is 3. The molecule has 7 nitrogen and oxygen atoms in total. The van der Waals surface area contributed by atoms with Crippen molar-refractivity contribution < 1.29 is 14.3 Å². The lowest BCUT2D eigenvalue weighted by Crippen LogP contribution is -2.54. The SMILES string of the molecule is CN1CCC(N2CCN(C(=O)CC(CSc3ccccc3)NC(=O)OCc3ccccc3)CC2)CC1. The highest BCUT2D eigenvalue weighted by atomic mass is 32.2. The monoisotopic (exact) mass is 510 g/mol. The minimum absolute atomic E-state index is 0.0973. The summed E-state index contributed by atoms with van der Waals surface area (Å²) >= 11 is 1.64. The van der Waals surface area contributed by atoms with Gasteiger partial charge in [0.2, 0.25) is 5.91 Å². The molecule has 0 saturated carbocycles. The molecule has 1 N–H and O–H groups in total. The number of hydrogen-bond donors (Lipinski definition) is 1. The van der Waals surface area contributed by atoms with Crippen LogP contribution in [0.2, 0.25) is 0 Å². The van der Waals surface area contributed by atoms with Crippen LogP contribution < -0.4 is 5.32 Å². The number of thioether (sulfide) groups is 1. The van der Waals surface area contributed by atoms with Gasteiger partial charge >= 0.3 is 6.09 Å². The molecule has 2 fully saturated rings. The van der Waals surface area contributed by atoms with Crippen LogP contribution in [0.4, 0.5) is 4.79 Å². The number of amides is 2. The molecule has 2 heterocycles. The Morgan fingerprint density at radius 3 is 2.25 bits per heavy atom. The Labute approximate surface area is 219 Å². The third-order valence-corrected chi connectivity index (χ3v) is 8.20. The number of alkyl carbamates (subject to hydrolysis) is 1. The van der Waals surface area contributed by atoms with Gasteiger partial charge in [-0.3, -0.25) is 9.69 Å². The van der Waals surface area contributed by atoms with Crippen LogP contribution >= 0.6 is 11.8 Å². The van der Waals surface area contributed by atoms with Gasteiger partial charge in [0.15, 0.2) is 0 Å². The van der Waals surface area contributed by atoms with Gasteiger partial charge in [0.1, 0.15) is 6.61 Å². The second-order valence-electron chi connectivity index (χ2n) is 9.68. The molecule has 2 amide bonds. The highest BCUT2D eigenvalue weighted by molar-refractivity contribution is 7.99. The Kier molecular flexibility index (Phi) is 10.1. The van der Waals surface area contributed by atoms with Crippen molar-refractivity contribution in [3.8, 4) is 0 Å². The first-order chi connectivity index (χ1) is 17.6. The molecule has 2 aliphatic heterocycles. The lowest BCUT2D eigenvalue weighted by molar-refractivity contribution is -0.133. The van der Waals surface area contributed by atoms with Gasteiger partial charge in [0, 0.05) is 49.3 Å². The predicted octanol–water partition coefficient (Wildman–Crippen LogP) is 3.70. The van der Waals surface area contributed by atoms with Gasteiger partial charge in [0.25, 0.3) is 0 Å². The van der Waals surface area contributed by atoms with E-state index in [1.54, 1.807) is 11.8 Å². The van der Waals surface area contributed by atoms with Crippen LogP contribution in [0.25, 0.3) is 0 Å². The lowest BCUT2D eigenvalue weighted by atomic mass is 10.0. The van der Waals surface area contributed by atoms with Crippen LogP contribution in [-0.2, 0) is 16.1 Å². The smallest absolute Gasteiger partial charge is 0.407 e. The quantitative estimate of drug-likeness (QED) is 0.519. The van der Waals surface area contributed by atoms with Gasteiger partial charge in [-0.15, -0.1) is 11.8 Å². The maximum atomic E-state index is 13.2. The van der Waals surface area contributed by atoms with E-state index in [0.29, 0.717) is 11.8 Å². The topological polar surface area (TPSA) is 65.1 Å². The van der Waals surface area contributed by atoms with Gasteiger partial charge in [-0.1, -0.05) is 48.5 Å². The summed E-state index contributed by atoms with van der Waals surface area (Å²) in [6.07, 6.45) is 2.20. The van der Waals surface area contributed by atoms with Crippen LogP contribution in [-0.4, -0.2) is 90.9 Å². The molecular weight excluding hydrogens is 472 g/mol. The number of rotatable bonds is 9. The van der Waals surface area contributed by atoms with Crippen LogP contribution in [0.5, 0.6) is 0 Å². The van der Waals surface area contributed by atoms with Crippen molar-refractivity contribution in [3.05, 3.63) is 66.2 Å². The number of likely N-dealkylation sites (tertiary alicyclic amines) is 1. The Bertz CT molecular complexity index is 946. The molecule has 1 unspecified atom stereocenters. The van der Waals surface area contributed by atoms with Crippen LogP contribution in [0, 0.1) is 0 Å². The van der Waals surface area contributed by atoms with Crippen molar-refractivity contribution in [1.29, 1.82) is 0 Å². The predicted molar refractivity (Wildman–Crippen MR) is 144 cm³/mol. The number of piperidine rings is 1. The first kappa shape index (κ1) is 26.5.